The fourth-order valence-corrected chi connectivity index (χ4v) is 1.93. The zero-order chi connectivity index (χ0) is 14.3. The molecular formula is C13H22N4O2. The molecule has 6 nitrogen and oxygen atoms in total. The summed E-state index contributed by atoms with van der Waals surface area (Å²) in [5, 5.41) is 13.9. The second-order valence-corrected chi connectivity index (χ2v) is 4.39. The predicted molar refractivity (Wildman–Crippen MR) is 78.4 cm³/mol. The Kier molecular flexibility index (Phi) is 6.08. The average Bonchev–Trinajstić information content (AvgIpc) is 2.37. The minimum Gasteiger partial charge on any atom is -0.393 e. The van der Waals surface area contributed by atoms with Crippen LogP contribution in [0.4, 0.5) is 17.1 Å². The van der Waals surface area contributed by atoms with Gasteiger partial charge in [-0.15, -0.1) is 0 Å². The van der Waals surface area contributed by atoms with Crippen molar-refractivity contribution in [2.45, 2.75) is 20.3 Å². The van der Waals surface area contributed by atoms with Crippen LogP contribution >= 0.6 is 0 Å². The maximum Gasteiger partial charge on any atom is 0.292 e. The molecule has 1 aromatic rings. The summed E-state index contributed by atoms with van der Waals surface area (Å²) in [6.45, 7) is 8.15. The summed E-state index contributed by atoms with van der Waals surface area (Å²) in [4.78, 5) is 12.5. The molecule has 19 heavy (non-hydrogen) atoms. The van der Waals surface area contributed by atoms with Gasteiger partial charge in [-0.2, -0.15) is 0 Å². The summed E-state index contributed by atoms with van der Waals surface area (Å²) >= 11 is 0. The standard InChI is InChI=1S/C13H22N4O2/c1-3-8-16(4-2)9-7-15-11-5-6-13(17(18)19)12(14)10-11/h5-6,10,15H,3-4,7-9,14H2,1-2H3. The van der Waals surface area contributed by atoms with Gasteiger partial charge >= 0.3 is 0 Å². The maximum atomic E-state index is 10.6. The van der Waals surface area contributed by atoms with E-state index in [-0.39, 0.29) is 11.4 Å². The lowest BCUT2D eigenvalue weighted by atomic mass is 10.2. The van der Waals surface area contributed by atoms with Crippen LogP contribution < -0.4 is 11.1 Å². The van der Waals surface area contributed by atoms with Gasteiger partial charge in [0.05, 0.1) is 4.92 Å². The zero-order valence-electron chi connectivity index (χ0n) is 11.6. The molecule has 1 aromatic carbocycles. The number of rotatable bonds is 8. The summed E-state index contributed by atoms with van der Waals surface area (Å²) in [5.74, 6) is 0. The number of nitro groups is 1. The van der Waals surface area contributed by atoms with Crippen LogP contribution in [-0.4, -0.2) is 36.0 Å². The molecule has 1 rings (SSSR count). The fraction of sp³-hybridized carbons (Fsp3) is 0.538. The first-order valence-electron chi connectivity index (χ1n) is 6.58. The summed E-state index contributed by atoms with van der Waals surface area (Å²) in [5.41, 5.74) is 6.59. The Balaban J connectivity index is 2.50. The summed E-state index contributed by atoms with van der Waals surface area (Å²) in [6, 6.07) is 4.72. The quantitative estimate of drug-likeness (QED) is 0.428. The monoisotopic (exact) mass is 266 g/mol. The number of nitrogens with zero attached hydrogens (tertiary/aromatic N) is 2. The third-order valence-electron chi connectivity index (χ3n) is 2.97. The van der Waals surface area contributed by atoms with Crippen LogP contribution in [0.3, 0.4) is 0 Å². The lowest BCUT2D eigenvalue weighted by molar-refractivity contribution is -0.383. The lowest BCUT2D eigenvalue weighted by Crippen LogP contribution is -2.29. The van der Waals surface area contributed by atoms with Crippen molar-refractivity contribution in [3.8, 4) is 0 Å². The van der Waals surface area contributed by atoms with Crippen molar-refractivity contribution < 1.29 is 4.92 Å². The van der Waals surface area contributed by atoms with E-state index in [9.17, 15) is 10.1 Å². The number of nitrogens with one attached hydrogen (secondary N) is 1. The SMILES string of the molecule is CCCN(CC)CCNc1ccc([N+](=O)[O-])c(N)c1. The van der Waals surface area contributed by atoms with Gasteiger partial charge in [0.1, 0.15) is 5.69 Å². The van der Waals surface area contributed by atoms with Crippen LogP contribution in [0, 0.1) is 10.1 Å². The minimum atomic E-state index is -0.473. The van der Waals surface area contributed by atoms with Gasteiger partial charge in [0.25, 0.3) is 5.69 Å². The summed E-state index contributed by atoms with van der Waals surface area (Å²) in [7, 11) is 0. The third-order valence-corrected chi connectivity index (χ3v) is 2.97. The molecule has 0 aliphatic heterocycles. The van der Waals surface area contributed by atoms with Crippen molar-refractivity contribution >= 4 is 17.1 Å². The van der Waals surface area contributed by atoms with E-state index >= 15 is 0 Å². The van der Waals surface area contributed by atoms with E-state index in [0.717, 1.165) is 38.3 Å². The van der Waals surface area contributed by atoms with Gasteiger partial charge in [0.2, 0.25) is 0 Å². The van der Waals surface area contributed by atoms with E-state index in [1.54, 1.807) is 12.1 Å². The third kappa shape index (κ3) is 4.75. The highest BCUT2D eigenvalue weighted by molar-refractivity contribution is 5.65. The second kappa shape index (κ2) is 7.58. The predicted octanol–water partition coefficient (Wildman–Crippen LogP) is 2.32. The molecule has 0 amide bonds. The van der Waals surface area contributed by atoms with E-state index in [0.29, 0.717) is 0 Å². The van der Waals surface area contributed by atoms with Gasteiger partial charge in [0, 0.05) is 24.8 Å². The molecule has 6 heteroatoms. The van der Waals surface area contributed by atoms with Gasteiger partial charge in [-0.1, -0.05) is 13.8 Å². The van der Waals surface area contributed by atoms with Crippen molar-refractivity contribution in [2.24, 2.45) is 0 Å². The summed E-state index contributed by atoms with van der Waals surface area (Å²) < 4.78 is 0. The molecular weight excluding hydrogens is 244 g/mol. The van der Waals surface area contributed by atoms with Crippen molar-refractivity contribution in [3.05, 3.63) is 28.3 Å². The smallest absolute Gasteiger partial charge is 0.292 e. The molecule has 0 heterocycles. The lowest BCUT2D eigenvalue weighted by Gasteiger charge is -2.19. The molecule has 0 atom stereocenters. The molecule has 0 aromatic heterocycles. The molecule has 0 aliphatic carbocycles. The Hall–Kier alpha value is -1.82. The molecule has 0 aliphatic rings. The van der Waals surface area contributed by atoms with Gasteiger partial charge in [-0.05, 0) is 31.6 Å². The number of nitro benzene ring substituents is 1. The van der Waals surface area contributed by atoms with Crippen LogP contribution in [0.1, 0.15) is 20.3 Å². The second-order valence-electron chi connectivity index (χ2n) is 4.39. The maximum absolute atomic E-state index is 10.6. The Morgan fingerprint density at radius 3 is 2.63 bits per heavy atom. The number of anilines is 2. The normalized spacial score (nSPS) is 10.7. The molecule has 0 fully saturated rings. The first-order valence-corrected chi connectivity index (χ1v) is 6.58. The van der Waals surface area contributed by atoms with Crippen LogP contribution in [0.2, 0.25) is 0 Å². The topological polar surface area (TPSA) is 84.4 Å². The van der Waals surface area contributed by atoms with E-state index in [1.165, 1.54) is 6.07 Å². The van der Waals surface area contributed by atoms with Crippen LogP contribution in [0.25, 0.3) is 0 Å². The molecule has 0 bridgehead atoms. The number of nitrogens with two attached hydrogens (primary N) is 1. The molecule has 0 spiro atoms. The van der Waals surface area contributed by atoms with Gasteiger partial charge in [-0.3, -0.25) is 10.1 Å². The highest BCUT2D eigenvalue weighted by Gasteiger charge is 2.10. The Labute approximate surface area is 113 Å². The van der Waals surface area contributed by atoms with Gasteiger partial charge in [0.15, 0.2) is 0 Å². The van der Waals surface area contributed by atoms with Gasteiger partial charge < -0.3 is 16.0 Å². The van der Waals surface area contributed by atoms with E-state index in [4.69, 9.17) is 5.73 Å². The molecule has 106 valence electrons. The summed E-state index contributed by atoms with van der Waals surface area (Å²) in [6.07, 6.45) is 1.14. The molecule has 0 radical (unpaired) electrons. The number of benzene rings is 1. The zero-order valence-corrected chi connectivity index (χ0v) is 11.6. The van der Waals surface area contributed by atoms with Crippen molar-refractivity contribution in [1.29, 1.82) is 0 Å². The van der Waals surface area contributed by atoms with E-state index in [2.05, 4.69) is 24.1 Å². The highest BCUT2D eigenvalue weighted by Crippen LogP contribution is 2.24. The van der Waals surface area contributed by atoms with Crippen LogP contribution in [0.5, 0.6) is 0 Å². The van der Waals surface area contributed by atoms with Crippen molar-refractivity contribution in [1.82, 2.24) is 4.90 Å². The van der Waals surface area contributed by atoms with Crippen LogP contribution in [0.15, 0.2) is 18.2 Å². The molecule has 0 saturated carbocycles. The van der Waals surface area contributed by atoms with Crippen molar-refractivity contribution in [3.63, 3.8) is 0 Å². The van der Waals surface area contributed by atoms with E-state index < -0.39 is 4.92 Å². The molecule has 0 saturated heterocycles. The Morgan fingerprint density at radius 2 is 2.11 bits per heavy atom. The Bertz CT molecular complexity index is 423. The number of hydrogen-bond acceptors (Lipinski definition) is 5. The first-order chi connectivity index (χ1) is 9.08. The number of hydrogen-bond donors (Lipinski definition) is 2. The molecule has 3 N–H and O–H groups in total. The first kappa shape index (κ1) is 15.2. The average molecular weight is 266 g/mol. The fourth-order valence-electron chi connectivity index (χ4n) is 1.93. The minimum absolute atomic E-state index is 0.0493. The highest BCUT2D eigenvalue weighted by atomic mass is 16.6. The Morgan fingerprint density at radius 1 is 1.37 bits per heavy atom. The van der Waals surface area contributed by atoms with Crippen LogP contribution in [-0.2, 0) is 0 Å². The molecule has 0 unspecified atom stereocenters. The van der Waals surface area contributed by atoms with Gasteiger partial charge in [-0.25, -0.2) is 0 Å². The number of nitrogen functional groups attached to an aromatic ring is 1. The largest absolute Gasteiger partial charge is 0.393 e. The van der Waals surface area contributed by atoms with Crippen molar-refractivity contribution in [2.75, 3.05) is 37.2 Å². The number of likely N-dealkylation sites (N-methyl/N-ethyl adjacent to an activating group) is 1. The van der Waals surface area contributed by atoms with E-state index in [1.807, 2.05) is 0 Å².